The third-order valence-corrected chi connectivity index (χ3v) is 1.43. The van der Waals surface area contributed by atoms with Crippen molar-refractivity contribution in [2.24, 2.45) is 0 Å². The molecule has 0 aromatic heterocycles. The maximum Gasteiger partial charge on any atom is 0.326 e. The molecule has 10 heavy (non-hydrogen) atoms. The average Bonchev–Trinajstić information content (AvgIpc) is 2.36. The number of nitrogens with zero attached hydrogens (tertiary/aromatic N) is 1. The molecule has 0 saturated heterocycles. The van der Waals surface area contributed by atoms with Crippen molar-refractivity contribution in [1.82, 2.24) is 4.90 Å². The molecule has 0 saturated carbocycles. The zero-order valence-corrected chi connectivity index (χ0v) is 5.65. The highest BCUT2D eigenvalue weighted by Crippen LogP contribution is 2.05. The van der Waals surface area contributed by atoms with Gasteiger partial charge in [0.15, 0.2) is 6.73 Å². The largest absolute Gasteiger partial charge is 0.480 e. The van der Waals surface area contributed by atoms with E-state index in [1.807, 2.05) is 0 Å². The molecule has 4 nitrogen and oxygen atoms in total. The van der Waals surface area contributed by atoms with Gasteiger partial charge in [-0.2, -0.15) is 0 Å². The first-order valence-corrected chi connectivity index (χ1v) is 2.98. The Balaban J connectivity index is 2.48. The van der Waals surface area contributed by atoms with Gasteiger partial charge in [-0.1, -0.05) is 0 Å². The van der Waals surface area contributed by atoms with Crippen LogP contribution in [0.4, 0.5) is 0 Å². The fourth-order valence-electron chi connectivity index (χ4n) is 0.676. The number of rotatable bonds is 2. The normalized spacial score (nSPS) is 18.7. The SMILES string of the molecule is CC(C(=O)O)N1C=COC1. The molecule has 1 N–H and O–H groups in total. The molecule has 0 fully saturated rings. The molecule has 0 amide bonds. The van der Waals surface area contributed by atoms with Crippen molar-refractivity contribution in [3.8, 4) is 0 Å². The molecule has 0 spiro atoms. The zero-order valence-electron chi connectivity index (χ0n) is 5.65. The van der Waals surface area contributed by atoms with E-state index in [1.165, 1.54) is 6.26 Å². The lowest BCUT2D eigenvalue weighted by Gasteiger charge is -2.17. The Morgan fingerprint density at radius 3 is 3.00 bits per heavy atom. The molecule has 0 aromatic carbocycles. The average molecular weight is 143 g/mol. The summed E-state index contributed by atoms with van der Waals surface area (Å²) in [5, 5.41) is 8.51. The summed E-state index contributed by atoms with van der Waals surface area (Å²) >= 11 is 0. The standard InChI is InChI=1S/C6H9NO3/c1-5(6(8)9)7-2-3-10-4-7/h2-3,5H,4H2,1H3,(H,8,9). The maximum absolute atomic E-state index is 10.4. The Kier molecular flexibility index (Phi) is 1.80. The van der Waals surface area contributed by atoms with Crippen molar-refractivity contribution in [1.29, 1.82) is 0 Å². The van der Waals surface area contributed by atoms with Crippen LogP contribution in [0.5, 0.6) is 0 Å². The second-order valence-corrected chi connectivity index (χ2v) is 2.11. The predicted octanol–water partition coefficient (Wildman–Crippen LogP) is 0.220. The maximum atomic E-state index is 10.4. The van der Waals surface area contributed by atoms with Crippen LogP contribution < -0.4 is 0 Å². The zero-order chi connectivity index (χ0) is 7.56. The van der Waals surface area contributed by atoms with Crippen LogP contribution in [0.2, 0.25) is 0 Å². The van der Waals surface area contributed by atoms with Gasteiger partial charge in [-0.3, -0.25) is 0 Å². The minimum absolute atomic E-state index is 0.341. The van der Waals surface area contributed by atoms with Gasteiger partial charge in [-0.25, -0.2) is 4.79 Å². The van der Waals surface area contributed by atoms with Crippen molar-refractivity contribution >= 4 is 5.97 Å². The lowest BCUT2D eigenvalue weighted by atomic mass is 10.3. The third kappa shape index (κ3) is 1.21. The van der Waals surface area contributed by atoms with Crippen LogP contribution in [0.3, 0.4) is 0 Å². The van der Waals surface area contributed by atoms with E-state index in [0.29, 0.717) is 6.73 Å². The summed E-state index contributed by atoms with van der Waals surface area (Å²) in [7, 11) is 0. The molecule has 0 bridgehead atoms. The lowest BCUT2D eigenvalue weighted by molar-refractivity contribution is -0.142. The summed E-state index contributed by atoms with van der Waals surface area (Å²) in [5.41, 5.74) is 0. The molecule has 1 atom stereocenters. The van der Waals surface area contributed by atoms with Gasteiger partial charge in [-0.05, 0) is 6.92 Å². The van der Waals surface area contributed by atoms with Gasteiger partial charge in [0.1, 0.15) is 12.3 Å². The fraction of sp³-hybridized carbons (Fsp3) is 0.500. The molecule has 0 aromatic rings. The quantitative estimate of drug-likeness (QED) is 0.600. The third-order valence-electron chi connectivity index (χ3n) is 1.43. The highest BCUT2D eigenvalue weighted by atomic mass is 16.5. The van der Waals surface area contributed by atoms with E-state index in [0.717, 1.165) is 0 Å². The molecule has 1 aliphatic heterocycles. The van der Waals surface area contributed by atoms with Crippen LogP contribution in [0.15, 0.2) is 12.5 Å². The van der Waals surface area contributed by atoms with Gasteiger partial charge in [0.2, 0.25) is 0 Å². The molecule has 1 aliphatic rings. The molecule has 0 radical (unpaired) electrons. The second kappa shape index (κ2) is 2.60. The van der Waals surface area contributed by atoms with Crippen LogP contribution in [-0.2, 0) is 9.53 Å². The molecule has 56 valence electrons. The summed E-state index contributed by atoms with van der Waals surface area (Å²) < 4.78 is 4.81. The summed E-state index contributed by atoms with van der Waals surface area (Å²) in [6.07, 6.45) is 3.11. The lowest BCUT2D eigenvalue weighted by Crippen LogP contribution is -2.33. The Morgan fingerprint density at radius 1 is 1.90 bits per heavy atom. The minimum Gasteiger partial charge on any atom is -0.480 e. The van der Waals surface area contributed by atoms with Gasteiger partial charge in [0.05, 0.1) is 0 Å². The van der Waals surface area contributed by atoms with E-state index in [9.17, 15) is 4.79 Å². The molecule has 1 heterocycles. The van der Waals surface area contributed by atoms with Crippen molar-refractivity contribution < 1.29 is 14.6 Å². The van der Waals surface area contributed by atoms with Crippen LogP contribution >= 0.6 is 0 Å². The number of hydrogen-bond acceptors (Lipinski definition) is 3. The Labute approximate surface area is 58.7 Å². The van der Waals surface area contributed by atoms with Crippen LogP contribution in [0.25, 0.3) is 0 Å². The first-order chi connectivity index (χ1) is 4.72. The van der Waals surface area contributed by atoms with Crippen molar-refractivity contribution in [3.63, 3.8) is 0 Å². The molecular formula is C6H9NO3. The number of carbonyl (C=O) groups is 1. The Hall–Kier alpha value is -1.19. The molecular weight excluding hydrogens is 134 g/mol. The highest BCUT2D eigenvalue weighted by Gasteiger charge is 2.19. The topological polar surface area (TPSA) is 49.8 Å². The first-order valence-electron chi connectivity index (χ1n) is 2.98. The van der Waals surface area contributed by atoms with E-state index >= 15 is 0 Å². The molecule has 0 aliphatic carbocycles. The van der Waals surface area contributed by atoms with Gasteiger partial charge in [0, 0.05) is 6.20 Å². The van der Waals surface area contributed by atoms with E-state index in [1.54, 1.807) is 18.0 Å². The van der Waals surface area contributed by atoms with Crippen LogP contribution in [0.1, 0.15) is 6.92 Å². The van der Waals surface area contributed by atoms with E-state index < -0.39 is 12.0 Å². The van der Waals surface area contributed by atoms with Gasteiger partial charge < -0.3 is 14.7 Å². The van der Waals surface area contributed by atoms with Crippen molar-refractivity contribution in [2.45, 2.75) is 13.0 Å². The molecule has 1 rings (SSSR count). The number of hydrogen-bond donors (Lipinski definition) is 1. The molecule has 4 heteroatoms. The Morgan fingerprint density at radius 2 is 2.60 bits per heavy atom. The van der Waals surface area contributed by atoms with Crippen LogP contribution in [-0.4, -0.2) is 28.7 Å². The number of ether oxygens (including phenoxy) is 1. The smallest absolute Gasteiger partial charge is 0.326 e. The second-order valence-electron chi connectivity index (χ2n) is 2.11. The predicted molar refractivity (Wildman–Crippen MR) is 34.0 cm³/mol. The monoisotopic (exact) mass is 143 g/mol. The van der Waals surface area contributed by atoms with E-state index in [4.69, 9.17) is 9.84 Å². The van der Waals surface area contributed by atoms with Gasteiger partial charge in [-0.15, -0.1) is 0 Å². The van der Waals surface area contributed by atoms with E-state index in [2.05, 4.69) is 0 Å². The Bertz CT molecular complexity index is 166. The van der Waals surface area contributed by atoms with Crippen molar-refractivity contribution in [3.05, 3.63) is 12.5 Å². The number of carboxylic acid groups (broad SMARTS) is 1. The highest BCUT2D eigenvalue weighted by molar-refractivity contribution is 5.73. The molecule has 1 unspecified atom stereocenters. The number of aliphatic carboxylic acids is 1. The summed E-state index contributed by atoms with van der Waals surface area (Å²) in [6, 6.07) is -0.501. The van der Waals surface area contributed by atoms with E-state index in [-0.39, 0.29) is 0 Å². The van der Waals surface area contributed by atoms with Crippen LogP contribution in [0, 0.1) is 0 Å². The minimum atomic E-state index is -0.838. The summed E-state index contributed by atoms with van der Waals surface area (Å²) in [6.45, 7) is 1.95. The van der Waals surface area contributed by atoms with Crippen molar-refractivity contribution in [2.75, 3.05) is 6.73 Å². The fourth-order valence-corrected chi connectivity index (χ4v) is 0.676. The van der Waals surface area contributed by atoms with Gasteiger partial charge >= 0.3 is 5.97 Å². The number of carboxylic acids is 1. The first kappa shape index (κ1) is 6.92. The summed E-state index contributed by atoms with van der Waals surface area (Å²) in [4.78, 5) is 12.0. The van der Waals surface area contributed by atoms with Gasteiger partial charge in [0.25, 0.3) is 0 Å². The summed E-state index contributed by atoms with van der Waals surface area (Å²) in [5.74, 6) is -0.838.